The second kappa shape index (κ2) is 8.10. The summed E-state index contributed by atoms with van der Waals surface area (Å²) in [6.07, 6.45) is 0. The third kappa shape index (κ3) is 3.98. The molecule has 9 heteroatoms. The van der Waals surface area contributed by atoms with Crippen LogP contribution in [-0.4, -0.2) is 23.2 Å². The van der Waals surface area contributed by atoms with Gasteiger partial charge in [-0.15, -0.1) is 10.2 Å². The number of phenolic OH excluding ortho intramolecular Hbond substituents is 2. The Balaban J connectivity index is 0.00000240. The maximum atomic E-state index is 11.5. The van der Waals surface area contributed by atoms with E-state index in [1.807, 2.05) is 0 Å². The number of fused-ring (bicyclic) bond motifs is 2. The van der Waals surface area contributed by atoms with E-state index in [1.165, 1.54) is 30.3 Å². The monoisotopic (exact) mass is 416 g/mol. The van der Waals surface area contributed by atoms with Gasteiger partial charge in [-0.25, -0.2) is 8.42 Å². The smallest absolute Gasteiger partial charge is 0.744 e. The number of rotatable bonds is 3. The fraction of sp³-hybridized carbons (Fsp3) is 0. The van der Waals surface area contributed by atoms with Gasteiger partial charge < -0.3 is 14.8 Å². The molecule has 0 aliphatic rings. The van der Waals surface area contributed by atoms with Crippen LogP contribution in [0.5, 0.6) is 11.5 Å². The Morgan fingerprint density at radius 1 is 0.690 bits per heavy atom. The first-order valence-corrected chi connectivity index (χ1v) is 9.60. The van der Waals surface area contributed by atoms with Crippen molar-refractivity contribution in [2.75, 3.05) is 0 Å². The summed E-state index contributed by atoms with van der Waals surface area (Å²) >= 11 is 0. The maximum Gasteiger partial charge on any atom is 1.00 e. The largest absolute Gasteiger partial charge is 1.00 e. The molecule has 4 aromatic carbocycles. The molecule has 0 amide bonds. The average Bonchev–Trinajstić information content (AvgIpc) is 2.67. The Labute approximate surface area is 188 Å². The van der Waals surface area contributed by atoms with Gasteiger partial charge in [0.1, 0.15) is 21.6 Å². The Morgan fingerprint density at radius 2 is 1.31 bits per heavy atom. The standard InChI is InChI=1S/C20H14N2O5S.Na/c23-18-7-3-6-15-13(18)8-9-17(20(15)24)22-21-16-10-11-19(28(25,26)27)14-5-2-1-4-12(14)16;/h1-11,23-24H,(H,25,26,27);/q;+1/p-1. The predicted octanol–water partition coefficient (Wildman–Crippen LogP) is 1.73. The van der Waals surface area contributed by atoms with Crippen molar-refractivity contribution in [1.29, 1.82) is 0 Å². The molecule has 0 spiro atoms. The number of benzene rings is 4. The summed E-state index contributed by atoms with van der Waals surface area (Å²) in [5.41, 5.74) is 0.529. The molecular weight excluding hydrogens is 403 g/mol. The number of nitrogens with zero attached hydrogens (tertiary/aromatic N) is 2. The molecule has 0 aliphatic heterocycles. The molecule has 0 heterocycles. The van der Waals surface area contributed by atoms with Crippen LogP contribution >= 0.6 is 0 Å². The van der Waals surface area contributed by atoms with Gasteiger partial charge in [-0.2, -0.15) is 0 Å². The molecule has 0 fully saturated rings. The zero-order valence-electron chi connectivity index (χ0n) is 15.3. The van der Waals surface area contributed by atoms with Gasteiger partial charge in [0, 0.05) is 21.5 Å². The van der Waals surface area contributed by atoms with Gasteiger partial charge in [-0.3, -0.25) is 0 Å². The molecule has 0 aromatic heterocycles. The van der Waals surface area contributed by atoms with Crippen molar-refractivity contribution in [3.63, 3.8) is 0 Å². The minimum atomic E-state index is -4.63. The van der Waals surface area contributed by atoms with E-state index in [0.717, 1.165) is 0 Å². The van der Waals surface area contributed by atoms with Gasteiger partial charge in [0.05, 0.1) is 10.6 Å². The van der Waals surface area contributed by atoms with Crippen LogP contribution in [0.2, 0.25) is 0 Å². The molecule has 0 radical (unpaired) electrons. The van der Waals surface area contributed by atoms with Crippen LogP contribution in [0.25, 0.3) is 21.5 Å². The first-order valence-electron chi connectivity index (χ1n) is 8.19. The van der Waals surface area contributed by atoms with E-state index in [0.29, 0.717) is 21.8 Å². The summed E-state index contributed by atoms with van der Waals surface area (Å²) in [5, 5.41) is 30.1. The summed E-state index contributed by atoms with van der Waals surface area (Å²) in [4.78, 5) is -0.328. The van der Waals surface area contributed by atoms with Crippen LogP contribution < -0.4 is 29.6 Å². The van der Waals surface area contributed by atoms with Gasteiger partial charge in [0.25, 0.3) is 0 Å². The molecule has 2 N–H and O–H groups in total. The van der Waals surface area contributed by atoms with Gasteiger partial charge in [0.2, 0.25) is 0 Å². The molecule has 140 valence electrons. The second-order valence-corrected chi connectivity index (χ2v) is 7.44. The molecule has 0 atom stereocenters. The van der Waals surface area contributed by atoms with Crippen molar-refractivity contribution < 1.29 is 52.7 Å². The van der Waals surface area contributed by atoms with Gasteiger partial charge in [0.15, 0.2) is 5.75 Å². The Hall–Kier alpha value is -2.49. The molecule has 0 unspecified atom stereocenters. The fourth-order valence-electron chi connectivity index (χ4n) is 3.06. The molecule has 29 heavy (non-hydrogen) atoms. The van der Waals surface area contributed by atoms with Crippen LogP contribution in [0.3, 0.4) is 0 Å². The van der Waals surface area contributed by atoms with Gasteiger partial charge in [-0.1, -0.05) is 36.4 Å². The zero-order valence-corrected chi connectivity index (χ0v) is 18.1. The summed E-state index contributed by atoms with van der Waals surface area (Å²) in [6, 6.07) is 17.0. The topological polar surface area (TPSA) is 122 Å². The van der Waals surface area contributed by atoms with E-state index in [1.54, 1.807) is 36.4 Å². The van der Waals surface area contributed by atoms with E-state index < -0.39 is 10.1 Å². The summed E-state index contributed by atoms with van der Waals surface area (Å²) in [5.74, 6) is -0.100. The SMILES string of the molecule is O=S(=O)([O-])c1ccc(N=Nc2ccc3c(O)cccc3c2O)c2ccccc12.[Na+]. The molecular formula is C20H13N2NaO5S. The van der Waals surface area contributed by atoms with Crippen molar-refractivity contribution in [3.05, 3.63) is 66.7 Å². The third-order valence-electron chi connectivity index (χ3n) is 4.38. The van der Waals surface area contributed by atoms with Gasteiger partial charge in [-0.05, 0) is 30.3 Å². The number of azo groups is 1. The summed E-state index contributed by atoms with van der Waals surface area (Å²) in [6.45, 7) is 0. The number of hydrogen-bond donors (Lipinski definition) is 2. The van der Waals surface area contributed by atoms with E-state index in [9.17, 15) is 23.2 Å². The Kier molecular flexibility index (Phi) is 5.92. The average molecular weight is 416 g/mol. The van der Waals surface area contributed by atoms with Crippen molar-refractivity contribution in [2.24, 2.45) is 10.2 Å². The van der Waals surface area contributed by atoms with E-state index >= 15 is 0 Å². The van der Waals surface area contributed by atoms with Crippen LogP contribution in [-0.2, 0) is 10.1 Å². The number of aromatic hydroxyl groups is 2. The second-order valence-electron chi connectivity index (χ2n) is 6.09. The van der Waals surface area contributed by atoms with Crippen molar-refractivity contribution in [1.82, 2.24) is 0 Å². The molecule has 0 aliphatic carbocycles. The third-order valence-corrected chi connectivity index (χ3v) is 5.28. The molecule has 4 rings (SSSR count). The van der Waals surface area contributed by atoms with E-state index in [2.05, 4.69) is 10.2 Å². The van der Waals surface area contributed by atoms with Crippen molar-refractivity contribution >= 4 is 43.0 Å². The number of phenols is 2. The normalized spacial score (nSPS) is 11.8. The first kappa shape index (κ1) is 21.2. The zero-order chi connectivity index (χ0) is 19.9. The van der Waals surface area contributed by atoms with Gasteiger partial charge >= 0.3 is 29.6 Å². The van der Waals surface area contributed by atoms with Crippen molar-refractivity contribution in [3.8, 4) is 11.5 Å². The molecule has 0 saturated heterocycles. The number of hydrogen-bond acceptors (Lipinski definition) is 7. The first-order chi connectivity index (χ1) is 13.4. The quantitative estimate of drug-likeness (QED) is 0.299. The summed E-state index contributed by atoms with van der Waals surface area (Å²) in [7, 11) is -4.63. The predicted molar refractivity (Wildman–Crippen MR) is 103 cm³/mol. The van der Waals surface area contributed by atoms with Crippen LogP contribution in [0.1, 0.15) is 0 Å². The molecule has 7 nitrogen and oxygen atoms in total. The van der Waals surface area contributed by atoms with E-state index in [-0.39, 0.29) is 57.0 Å². The van der Waals surface area contributed by atoms with Crippen LogP contribution in [0, 0.1) is 0 Å². The van der Waals surface area contributed by atoms with E-state index in [4.69, 9.17) is 0 Å². The minimum Gasteiger partial charge on any atom is -0.744 e. The summed E-state index contributed by atoms with van der Waals surface area (Å²) < 4.78 is 34.4. The van der Waals surface area contributed by atoms with Crippen LogP contribution in [0.15, 0.2) is 81.9 Å². The Bertz CT molecular complexity index is 1370. The Morgan fingerprint density at radius 3 is 2.03 bits per heavy atom. The molecule has 0 saturated carbocycles. The molecule has 4 aromatic rings. The van der Waals surface area contributed by atoms with Crippen LogP contribution in [0.4, 0.5) is 11.4 Å². The maximum absolute atomic E-state index is 11.5. The van der Waals surface area contributed by atoms with Crippen molar-refractivity contribution in [2.45, 2.75) is 4.90 Å². The molecule has 0 bridgehead atoms. The fourth-order valence-corrected chi connectivity index (χ4v) is 3.75. The minimum absolute atomic E-state index is 0.